The zero-order valence-electron chi connectivity index (χ0n) is 43.3. The molecule has 4 nitrogen and oxygen atoms in total. The van der Waals surface area contributed by atoms with E-state index in [4.69, 9.17) is 0 Å². The average molecular weight is 898 g/mol. The molecule has 0 aromatic heterocycles. The van der Waals surface area contributed by atoms with E-state index in [0.29, 0.717) is 6.42 Å². The molecule has 374 valence electrons. The van der Waals surface area contributed by atoms with Crippen LogP contribution in [-0.4, -0.2) is 49.4 Å². The topological polar surface area (TPSA) is 54.4 Å². The van der Waals surface area contributed by atoms with Crippen LogP contribution in [0.3, 0.4) is 0 Å². The first kappa shape index (κ1) is 61.9. The van der Waals surface area contributed by atoms with Gasteiger partial charge in [0.1, 0.15) is 0 Å². The van der Waals surface area contributed by atoms with Crippen molar-refractivity contribution >= 4 is 10.1 Å². The van der Waals surface area contributed by atoms with Crippen LogP contribution < -0.4 is 0 Å². The Balaban J connectivity index is 4.68. The molecule has 1 N–H and O–H groups in total. The number of hydrogen-bond acceptors (Lipinski definition) is 2. The van der Waals surface area contributed by atoms with Crippen LogP contribution in [0.2, 0.25) is 0 Å². The number of rotatable bonds is 55. The van der Waals surface area contributed by atoms with E-state index in [1.54, 1.807) is 0 Å². The Bertz CT molecular complexity index is 850. The van der Waals surface area contributed by atoms with Crippen LogP contribution >= 0.6 is 0 Å². The summed E-state index contributed by atoms with van der Waals surface area (Å²) < 4.78 is 34.4. The van der Waals surface area contributed by atoms with Crippen molar-refractivity contribution in [3.05, 3.63) is 0 Å². The summed E-state index contributed by atoms with van der Waals surface area (Å²) in [6.45, 7) is 11.4. The summed E-state index contributed by atoms with van der Waals surface area (Å²) >= 11 is 0. The maximum absolute atomic E-state index is 11.8. The molecule has 0 rings (SSSR count). The molecule has 62 heavy (non-hydrogen) atoms. The molecular formula is C57H118NO3S+. The summed E-state index contributed by atoms with van der Waals surface area (Å²) in [6, 6.07) is 0. The molecule has 0 radical (unpaired) electrons. The molecule has 0 unspecified atom stereocenters. The lowest BCUT2D eigenvalue weighted by molar-refractivity contribution is -0.928. The van der Waals surface area contributed by atoms with Crippen LogP contribution in [0.25, 0.3) is 0 Å². The minimum absolute atomic E-state index is 0.0795. The fourth-order valence-corrected chi connectivity index (χ4v) is 10.7. The monoisotopic (exact) mass is 897 g/mol. The van der Waals surface area contributed by atoms with E-state index in [1.165, 1.54) is 328 Å². The van der Waals surface area contributed by atoms with Gasteiger partial charge in [-0.05, 0) is 38.5 Å². The van der Waals surface area contributed by atoms with Gasteiger partial charge in [-0.3, -0.25) is 4.55 Å². The van der Waals surface area contributed by atoms with Crippen molar-refractivity contribution < 1.29 is 17.5 Å². The van der Waals surface area contributed by atoms with Gasteiger partial charge in [0, 0.05) is 6.42 Å². The molecule has 0 spiro atoms. The molecule has 0 aliphatic heterocycles. The molecule has 0 amide bonds. The lowest BCUT2D eigenvalue weighted by Crippen LogP contribution is -2.51. The number of hydrogen-bond donors (Lipinski definition) is 1. The van der Waals surface area contributed by atoms with E-state index >= 15 is 0 Å². The van der Waals surface area contributed by atoms with Crippen molar-refractivity contribution in [3.63, 3.8) is 0 Å². The van der Waals surface area contributed by atoms with Gasteiger partial charge < -0.3 is 4.48 Å². The zero-order valence-corrected chi connectivity index (χ0v) is 44.1. The SMILES string of the molecule is CCCCCCCCCCCCCCCCCC[N+](CCCCCCCCCCCCCCCCCC)(CCCCCCCCCCCCCCCCCC)CCCS(=O)(=O)O. The minimum atomic E-state index is -3.91. The first-order valence-electron chi connectivity index (χ1n) is 29.2. The third-order valence-electron chi connectivity index (χ3n) is 14.5. The predicted octanol–water partition coefficient (Wildman–Crippen LogP) is 19.9. The van der Waals surface area contributed by atoms with Crippen LogP contribution in [0.4, 0.5) is 0 Å². The Morgan fingerprint density at radius 3 is 0.548 bits per heavy atom. The van der Waals surface area contributed by atoms with E-state index in [-0.39, 0.29) is 5.75 Å². The largest absolute Gasteiger partial charge is 0.324 e. The second-order valence-electron chi connectivity index (χ2n) is 20.8. The average Bonchev–Trinajstić information content (AvgIpc) is 3.25. The summed E-state index contributed by atoms with van der Waals surface area (Å²) in [7, 11) is -3.91. The molecule has 0 heterocycles. The Hall–Kier alpha value is -0.130. The Morgan fingerprint density at radius 2 is 0.387 bits per heavy atom. The maximum Gasteiger partial charge on any atom is 0.265 e. The van der Waals surface area contributed by atoms with Crippen molar-refractivity contribution in [2.75, 3.05) is 31.9 Å². The molecule has 0 aliphatic carbocycles. The third-order valence-corrected chi connectivity index (χ3v) is 15.3. The molecule has 0 bridgehead atoms. The van der Waals surface area contributed by atoms with E-state index in [1.807, 2.05) is 0 Å². The highest BCUT2D eigenvalue weighted by atomic mass is 32.2. The number of quaternary nitrogens is 1. The Morgan fingerprint density at radius 1 is 0.242 bits per heavy atom. The van der Waals surface area contributed by atoms with Gasteiger partial charge in [0.05, 0.1) is 31.9 Å². The molecule has 0 aromatic carbocycles. The van der Waals surface area contributed by atoms with Gasteiger partial charge in [0.2, 0.25) is 0 Å². The van der Waals surface area contributed by atoms with E-state index < -0.39 is 10.1 Å². The van der Waals surface area contributed by atoms with Crippen molar-refractivity contribution in [2.45, 2.75) is 335 Å². The lowest BCUT2D eigenvalue weighted by atomic mass is 10.0. The van der Waals surface area contributed by atoms with E-state index in [0.717, 1.165) is 11.0 Å². The fraction of sp³-hybridized carbons (Fsp3) is 1.00. The molecular weight excluding hydrogens is 779 g/mol. The molecule has 0 fully saturated rings. The Labute approximate surface area is 393 Å². The summed E-state index contributed by atoms with van der Waals surface area (Å²) in [5.74, 6) is -0.0795. The van der Waals surface area contributed by atoms with E-state index in [9.17, 15) is 13.0 Å². The minimum Gasteiger partial charge on any atom is -0.324 e. The van der Waals surface area contributed by atoms with Crippen LogP contribution in [0.1, 0.15) is 335 Å². The predicted molar refractivity (Wildman–Crippen MR) is 279 cm³/mol. The van der Waals surface area contributed by atoms with Crippen LogP contribution in [0, 0.1) is 0 Å². The summed E-state index contributed by atoms with van der Waals surface area (Å²) in [5.41, 5.74) is 0. The second kappa shape index (κ2) is 50.3. The van der Waals surface area contributed by atoms with Gasteiger partial charge >= 0.3 is 0 Å². The molecule has 0 atom stereocenters. The smallest absolute Gasteiger partial charge is 0.265 e. The van der Waals surface area contributed by atoms with Crippen molar-refractivity contribution in [3.8, 4) is 0 Å². The van der Waals surface area contributed by atoms with Crippen molar-refractivity contribution in [1.82, 2.24) is 0 Å². The molecule has 0 saturated heterocycles. The number of unbranched alkanes of at least 4 members (excludes halogenated alkanes) is 45. The zero-order chi connectivity index (χ0) is 45.2. The quantitative estimate of drug-likeness (QED) is 0.0376. The van der Waals surface area contributed by atoms with Gasteiger partial charge in [-0.1, -0.05) is 290 Å². The first-order chi connectivity index (χ1) is 30.4. The first-order valence-corrected chi connectivity index (χ1v) is 30.8. The Kier molecular flexibility index (Phi) is 50.2. The van der Waals surface area contributed by atoms with Crippen molar-refractivity contribution in [2.24, 2.45) is 0 Å². The molecule has 0 saturated carbocycles. The molecule has 0 aliphatic rings. The summed E-state index contributed by atoms with van der Waals surface area (Å²) in [6.07, 6.45) is 67.6. The summed E-state index contributed by atoms with van der Waals surface area (Å²) in [5, 5.41) is 0. The van der Waals surface area contributed by atoms with Gasteiger partial charge in [0.15, 0.2) is 0 Å². The van der Waals surface area contributed by atoms with E-state index in [2.05, 4.69) is 20.8 Å². The normalized spacial score (nSPS) is 12.3. The molecule has 0 aromatic rings. The van der Waals surface area contributed by atoms with Crippen LogP contribution in [-0.2, 0) is 10.1 Å². The maximum atomic E-state index is 11.8. The fourth-order valence-electron chi connectivity index (χ4n) is 10.2. The third kappa shape index (κ3) is 49.3. The standard InChI is InChI=1S/C57H117NO3S/c1-4-7-10-13-16-19-22-25-28-31-34-37-40-43-46-49-53-58(56-52-57-62(59,60)61,54-50-47-44-41-38-35-32-29-26-23-20-17-14-11-8-5-2)55-51-48-45-42-39-36-33-30-27-24-21-18-15-12-9-6-3/h4-57H2,1-3H3/p+1. The van der Waals surface area contributed by atoms with Gasteiger partial charge in [0.25, 0.3) is 10.1 Å². The van der Waals surface area contributed by atoms with Gasteiger partial charge in [-0.25, -0.2) is 0 Å². The summed E-state index contributed by atoms with van der Waals surface area (Å²) in [4.78, 5) is 0. The highest BCUT2D eigenvalue weighted by Gasteiger charge is 2.27. The van der Waals surface area contributed by atoms with Crippen molar-refractivity contribution in [1.29, 1.82) is 0 Å². The van der Waals surface area contributed by atoms with Crippen LogP contribution in [0.15, 0.2) is 0 Å². The highest BCUT2D eigenvalue weighted by molar-refractivity contribution is 7.85. The molecule has 5 heteroatoms. The van der Waals surface area contributed by atoms with Crippen LogP contribution in [0.5, 0.6) is 0 Å². The van der Waals surface area contributed by atoms with Gasteiger partial charge in [-0.15, -0.1) is 0 Å². The number of nitrogens with zero attached hydrogens (tertiary/aromatic N) is 1. The highest BCUT2D eigenvalue weighted by Crippen LogP contribution is 2.22. The van der Waals surface area contributed by atoms with Gasteiger partial charge in [-0.2, -0.15) is 8.42 Å². The lowest BCUT2D eigenvalue weighted by Gasteiger charge is -2.39. The second-order valence-corrected chi connectivity index (χ2v) is 22.4.